The number of aliphatic hydroxyl groups is 1. The van der Waals surface area contributed by atoms with Crippen molar-refractivity contribution >= 4 is 0 Å². The Labute approximate surface area is 108 Å². The summed E-state index contributed by atoms with van der Waals surface area (Å²) in [4.78, 5) is 4.15. The summed E-state index contributed by atoms with van der Waals surface area (Å²) in [7, 11) is 0. The fourth-order valence-electron chi connectivity index (χ4n) is 2.17. The molecule has 1 aromatic heterocycles. The summed E-state index contributed by atoms with van der Waals surface area (Å²) in [6.45, 7) is 6.09. The summed E-state index contributed by atoms with van der Waals surface area (Å²) >= 11 is 0. The number of rotatable bonds is 3. The Bertz CT molecular complexity index is 520. The molecule has 1 heterocycles. The number of aryl methyl sites for hydroxylation is 1. The molecular weight excluding hydrogens is 222 g/mol. The molecule has 0 radical (unpaired) electrons. The summed E-state index contributed by atoms with van der Waals surface area (Å²) in [5.41, 5.74) is 2.72. The number of aliphatic hydroxyl groups excluding tert-OH is 1. The molecule has 1 aromatic carbocycles. The SMILES string of the molecule is Cc1cncc(C(O)C(C)(C)c2ccccc2)c1. The topological polar surface area (TPSA) is 33.1 Å². The third kappa shape index (κ3) is 2.44. The number of pyridine rings is 1. The molecule has 2 rings (SSSR count). The van der Waals surface area contributed by atoms with Crippen molar-refractivity contribution in [3.05, 3.63) is 65.5 Å². The molecule has 0 aliphatic carbocycles. The molecular formula is C16H19NO. The van der Waals surface area contributed by atoms with Gasteiger partial charge in [-0.05, 0) is 23.6 Å². The summed E-state index contributed by atoms with van der Waals surface area (Å²) in [6, 6.07) is 12.1. The predicted molar refractivity (Wildman–Crippen MR) is 73.4 cm³/mol. The third-order valence-corrected chi connectivity index (χ3v) is 3.41. The maximum absolute atomic E-state index is 10.6. The monoisotopic (exact) mass is 241 g/mol. The first-order valence-corrected chi connectivity index (χ1v) is 6.17. The van der Waals surface area contributed by atoms with Crippen molar-refractivity contribution in [3.63, 3.8) is 0 Å². The molecule has 2 nitrogen and oxygen atoms in total. The second-order valence-corrected chi connectivity index (χ2v) is 5.29. The van der Waals surface area contributed by atoms with Crippen molar-refractivity contribution in [1.29, 1.82) is 0 Å². The molecule has 0 saturated heterocycles. The molecule has 18 heavy (non-hydrogen) atoms. The van der Waals surface area contributed by atoms with Crippen LogP contribution < -0.4 is 0 Å². The van der Waals surface area contributed by atoms with E-state index in [-0.39, 0.29) is 5.41 Å². The van der Waals surface area contributed by atoms with Gasteiger partial charge < -0.3 is 5.11 Å². The lowest BCUT2D eigenvalue weighted by Crippen LogP contribution is -2.26. The standard InChI is InChI=1S/C16H19NO/c1-12-9-13(11-17-10-12)15(18)16(2,3)14-7-5-4-6-8-14/h4-11,15,18H,1-3H3. The Morgan fingerprint density at radius 2 is 1.78 bits per heavy atom. The highest BCUT2D eigenvalue weighted by Gasteiger charge is 2.31. The first kappa shape index (κ1) is 12.8. The Morgan fingerprint density at radius 3 is 2.39 bits per heavy atom. The van der Waals surface area contributed by atoms with Gasteiger partial charge in [0.1, 0.15) is 0 Å². The molecule has 0 spiro atoms. The van der Waals surface area contributed by atoms with Crippen LogP contribution in [0.5, 0.6) is 0 Å². The molecule has 1 atom stereocenters. The minimum Gasteiger partial charge on any atom is -0.387 e. The summed E-state index contributed by atoms with van der Waals surface area (Å²) in [6.07, 6.45) is 2.97. The van der Waals surface area contributed by atoms with Crippen LogP contribution in [0.2, 0.25) is 0 Å². The van der Waals surface area contributed by atoms with Crippen LogP contribution in [0.4, 0.5) is 0 Å². The molecule has 0 aliphatic heterocycles. The van der Waals surface area contributed by atoms with Crippen molar-refractivity contribution in [3.8, 4) is 0 Å². The van der Waals surface area contributed by atoms with Crippen molar-refractivity contribution < 1.29 is 5.11 Å². The van der Waals surface area contributed by atoms with E-state index in [2.05, 4.69) is 18.8 Å². The van der Waals surface area contributed by atoms with Gasteiger partial charge in [0, 0.05) is 17.8 Å². The highest BCUT2D eigenvalue weighted by Crippen LogP contribution is 2.36. The average molecular weight is 241 g/mol. The Hall–Kier alpha value is -1.67. The van der Waals surface area contributed by atoms with Crippen molar-refractivity contribution in [1.82, 2.24) is 4.98 Å². The first-order valence-electron chi connectivity index (χ1n) is 6.17. The van der Waals surface area contributed by atoms with Gasteiger partial charge in [-0.1, -0.05) is 50.2 Å². The first-order chi connectivity index (χ1) is 8.51. The molecule has 1 unspecified atom stereocenters. The zero-order valence-corrected chi connectivity index (χ0v) is 11.1. The lowest BCUT2D eigenvalue weighted by Gasteiger charge is -2.31. The Morgan fingerprint density at radius 1 is 1.11 bits per heavy atom. The molecule has 2 aromatic rings. The van der Waals surface area contributed by atoms with E-state index in [1.807, 2.05) is 43.3 Å². The van der Waals surface area contributed by atoms with Crippen LogP contribution in [0.1, 0.15) is 36.6 Å². The van der Waals surface area contributed by atoms with Gasteiger partial charge in [0.15, 0.2) is 0 Å². The van der Waals surface area contributed by atoms with Crippen LogP contribution in [-0.4, -0.2) is 10.1 Å². The maximum atomic E-state index is 10.6. The minimum absolute atomic E-state index is 0.337. The van der Waals surface area contributed by atoms with E-state index in [0.29, 0.717) is 0 Å². The van der Waals surface area contributed by atoms with Gasteiger partial charge in [-0.3, -0.25) is 4.98 Å². The third-order valence-electron chi connectivity index (χ3n) is 3.41. The second kappa shape index (κ2) is 4.91. The molecule has 0 fully saturated rings. The fourth-order valence-corrected chi connectivity index (χ4v) is 2.17. The van der Waals surface area contributed by atoms with Crippen LogP contribution >= 0.6 is 0 Å². The van der Waals surface area contributed by atoms with Gasteiger partial charge in [-0.15, -0.1) is 0 Å². The summed E-state index contributed by atoms with van der Waals surface area (Å²) < 4.78 is 0. The van der Waals surface area contributed by atoms with E-state index < -0.39 is 6.10 Å². The van der Waals surface area contributed by atoms with Crippen molar-refractivity contribution in [2.45, 2.75) is 32.3 Å². The largest absolute Gasteiger partial charge is 0.387 e. The maximum Gasteiger partial charge on any atom is 0.0896 e. The van der Waals surface area contributed by atoms with Gasteiger partial charge in [0.05, 0.1) is 6.10 Å². The minimum atomic E-state index is -0.563. The van der Waals surface area contributed by atoms with Gasteiger partial charge in [0.25, 0.3) is 0 Å². The van der Waals surface area contributed by atoms with Crippen molar-refractivity contribution in [2.75, 3.05) is 0 Å². The lowest BCUT2D eigenvalue weighted by molar-refractivity contribution is 0.0999. The Balaban J connectivity index is 2.36. The van der Waals surface area contributed by atoms with E-state index in [1.165, 1.54) is 0 Å². The van der Waals surface area contributed by atoms with Gasteiger partial charge in [0.2, 0.25) is 0 Å². The van der Waals surface area contributed by atoms with E-state index in [4.69, 9.17) is 0 Å². The summed E-state index contributed by atoms with van der Waals surface area (Å²) in [5, 5.41) is 10.6. The zero-order valence-electron chi connectivity index (χ0n) is 11.1. The molecule has 0 saturated carbocycles. The van der Waals surface area contributed by atoms with Crippen LogP contribution in [-0.2, 0) is 5.41 Å². The normalized spacial score (nSPS) is 13.3. The quantitative estimate of drug-likeness (QED) is 0.893. The smallest absolute Gasteiger partial charge is 0.0896 e. The number of hydrogen-bond acceptors (Lipinski definition) is 2. The van der Waals surface area contributed by atoms with Crippen LogP contribution in [0.3, 0.4) is 0 Å². The average Bonchev–Trinajstić information content (AvgIpc) is 2.39. The molecule has 0 bridgehead atoms. The molecule has 0 aliphatic rings. The predicted octanol–water partition coefficient (Wildman–Crippen LogP) is 3.40. The highest BCUT2D eigenvalue weighted by atomic mass is 16.3. The number of hydrogen-bond donors (Lipinski definition) is 1. The van der Waals surface area contributed by atoms with Crippen LogP contribution in [0, 0.1) is 6.92 Å². The fraction of sp³-hybridized carbons (Fsp3) is 0.312. The van der Waals surface area contributed by atoms with Gasteiger partial charge in [-0.2, -0.15) is 0 Å². The van der Waals surface area contributed by atoms with E-state index in [0.717, 1.165) is 16.7 Å². The molecule has 2 heteroatoms. The number of benzene rings is 1. The number of nitrogens with zero attached hydrogens (tertiary/aromatic N) is 1. The van der Waals surface area contributed by atoms with Gasteiger partial charge in [-0.25, -0.2) is 0 Å². The highest BCUT2D eigenvalue weighted by molar-refractivity contribution is 5.30. The molecule has 1 N–H and O–H groups in total. The van der Waals surface area contributed by atoms with E-state index >= 15 is 0 Å². The Kier molecular flexibility index (Phi) is 3.48. The summed E-state index contributed by atoms with van der Waals surface area (Å²) in [5.74, 6) is 0. The van der Waals surface area contributed by atoms with E-state index in [9.17, 15) is 5.11 Å². The number of aromatic nitrogens is 1. The van der Waals surface area contributed by atoms with Crippen molar-refractivity contribution in [2.24, 2.45) is 0 Å². The van der Waals surface area contributed by atoms with E-state index in [1.54, 1.807) is 12.4 Å². The zero-order chi connectivity index (χ0) is 13.2. The second-order valence-electron chi connectivity index (χ2n) is 5.29. The molecule has 94 valence electrons. The lowest BCUT2D eigenvalue weighted by atomic mass is 9.77. The molecule has 0 amide bonds. The van der Waals surface area contributed by atoms with Gasteiger partial charge >= 0.3 is 0 Å². The van der Waals surface area contributed by atoms with Crippen LogP contribution in [0.15, 0.2) is 48.8 Å². The van der Waals surface area contributed by atoms with Crippen LogP contribution in [0.25, 0.3) is 0 Å².